The number of nitrogens with zero attached hydrogens (tertiary/aromatic N) is 2. The van der Waals surface area contributed by atoms with Gasteiger partial charge in [-0.2, -0.15) is 8.75 Å². The number of rotatable bonds is 3. The molecule has 1 aliphatic rings. The summed E-state index contributed by atoms with van der Waals surface area (Å²) in [5.41, 5.74) is 2.62. The van der Waals surface area contributed by atoms with Crippen LogP contribution in [0.25, 0.3) is 11.0 Å². The van der Waals surface area contributed by atoms with Gasteiger partial charge in [-0.15, -0.1) is 0 Å². The Morgan fingerprint density at radius 2 is 2.35 bits per heavy atom. The summed E-state index contributed by atoms with van der Waals surface area (Å²) in [6, 6.07) is 4.15. The van der Waals surface area contributed by atoms with E-state index in [4.69, 9.17) is 16.3 Å². The summed E-state index contributed by atoms with van der Waals surface area (Å²) in [4.78, 5) is 0. The molecule has 1 aromatic heterocycles. The Labute approximate surface area is 127 Å². The molecule has 1 aliphatic heterocycles. The zero-order chi connectivity index (χ0) is 14.2. The maximum absolute atomic E-state index is 6.33. The Kier molecular flexibility index (Phi) is 3.84. The predicted molar refractivity (Wildman–Crippen MR) is 83.7 cm³/mol. The van der Waals surface area contributed by atoms with E-state index in [9.17, 15) is 0 Å². The Balaban J connectivity index is 1.86. The van der Waals surface area contributed by atoms with E-state index in [0.717, 1.165) is 42.6 Å². The van der Waals surface area contributed by atoms with E-state index in [1.54, 1.807) is 0 Å². The summed E-state index contributed by atoms with van der Waals surface area (Å²) >= 11 is 7.55. The van der Waals surface area contributed by atoms with Crippen molar-refractivity contribution in [1.29, 1.82) is 0 Å². The van der Waals surface area contributed by atoms with Crippen LogP contribution < -0.4 is 5.32 Å². The lowest BCUT2D eigenvalue weighted by Crippen LogP contribution is -2.41. The van der Waals surface area contributed by atoms with Gasteiger partial charge >= 0.3 is 0 Å². The van der Waals surface area contributed by atoms with Crippen LogP contribution in [0.5, 0.6) is 0 Å². The highest BCUT2D eigenvalue weighted by Crippen LogP contribution is 2.34. The minimum Gasteiger partial charge on any atom is -0.379 e. The van der Waals surface area contributed by atoms with Crippen LogP contribution in [0.1, 0.15) is 33.1 Å². The van der Waals surface area contributed by atoms with Crippen LogP contribution in [0.15, 0.2) is 12.1 Å². The minimum atomic E-state index is -0.0450. The van der Waals surface area contributed by atoms with Gasteiger partial charge in [-0.25, -0.2) is 0 Å². The molecule has 1 aromatic carbocycles. The predicted octanol–water partition coefficient (Wildman–Crippen LogP) is 4.10. The van der Waals surface area contributed by atoms with Crippen molar-refractivity contribution in [2.75, 3.05) is 11.9 Å². The van der Waals surface area contributed by atoms with Gasteiger partial charge in [-0.05, 0) is 38.3 Å². The molecule has 3 rings (SSSR count). The molecule has 1 saturated heterocycles. The molecular weight excluding hydrogens is 294 g/mol. The second-order valence-corrected chi connectivity index (χ2v) is 6.48. The third-order valence-corrected chi connectivity index (χ3v) is 4.93. The molecule has 1 fully saturated rings. The first-order chi connectivity index (χ1) is 9.61. The summed E-state index contributed by atoms with van der Waals surface area (Å²) < 4.78 is 14.5. The third-order valence-electron chi connectivity index (χ3n) is 4.07. The molecule has 108 valence electrons. The summed E-state index contributed by atoms with van der Waals surface area (Å²) in [6.07, 6.45) is 2.98. The van der Waals surface area contributed by atoms with Gasteiger partial charge in [-0.3, -0.25) is 0 Å². The molecule has 0 amide bonds. The number of hydrogen-bond acceptors (Lipinski definition) is 5. The molecule has 0 spiro atoms. The summed E-state index contributed by atoms with van der Waals surface area (Å²) in [7, 11) is 0. The normalized spacial score (nSPS) is 26.9. The first-order valence-corrected chi connectivity index (χ1v) is 8.03. The van der Waals surface area contributed by atoms with Crippen molar-refractivity contribution in [1.82, 2.24) is 8.75 Å². The van der Waals surface area contributed by atoms with E-state index in [0.29, 0.717) is 11.1 Å². The van der Waals surface area contributed by atoms with Gasteiger partial charge in [0.15, 0.2) is 0 Å². The van der Waals surface area contributed by atoms with Gasteiger partial charge in [-0.1, -0.05) is 18.5 Å². The largest absolute Gasteiger partial charge is 0.379 e. The van der Waals surface area contributed by atoms with Crippen LogP contribution in [0.4, 0.5) is 5.69 Å². The maximum Gasteiger partial charge on any atom is 0.129 e. The van der Waals surface area contributed by atoms with Crippen LogP contribution in [0.2, 0.25) is 5.02 Å². The number of hydrogen-bond donors (Lipinski definition) is 1. The van der Waals surface area contributed by atoms with E-state index in [-0.39, 0.29) is 5.60 Å². The monoisotopic (exact) mass is 311 g/mol. The van der Waals surface area contributed by atoms with Gasteiger partial charge in [0.2, 0.25) is 0 Å². The highest BCUT2D eigenvalue weighted by atomic mass is 35.5. The molecule has 2 aromatic rings. The fraction of sp³-hybridized carbons (Fsp3) is 0.571. The van der Waals surface area contributed by atoms with Crippen molar-refractivity contribution in [3.05, 3.63) is 17.2 Å². The van der Waals surface area contributed by atoms with Gasteiger partial charge in [0.1, 0.15) is 11.0 Å². The fourth-order valence-corrected chi connectivity index (χ4v) is 3.42. The highest BCUT2D eigenvalue weighted by Gasteiger charge is 2.32. The topological polar surface area (TPSA) is 47.0 Å². The van der Waals surface area contributed by atoms with Crippen molar-refractivity contribution >= 4 is 40.0 Å². The van der Waals surface area contributed by atoms with E-state index >= 15 is 0 Å². The lowest BCUT2D eigenvalue weighted by Gasteiger charge is -2.38. The second kappa shape index (κ2) is 5.47. The number of ether oxygens (including phenoxy) is 1. The van der Waals surface area contributed by atoms with Crippen molar-refractivity contribution < 1.29 is 4.74 Å². The van der Waals surface area contributed by atoms with Crippen LogP contribution in [0, 0.1) is 0 Å². The average Bonchev–Trinajstić information content (AvgIpc) is 2.91. The van der Waals surface area contributed by atoms with E-state index in [2.05, 4.69) is 27.9 Å². The van der Waals surface area contributed by atoms with Crippen molar-refractivity contribution in [2.24, 2.45) is 0 Å². The molecule has 20 heavy (non-hydrogen) atoms. The molecule has 0 bridgehead atoms. The molecule has 0 radical (unpaired) electrons. The number of halogens is 1. The highest BCUT2D eigenvalue weighted by molar-refractivity contribution is 7.00. The standard InChI is InChI=1S/C14H18ClN3OS/c1-3-14(2)8-9(6-7-19-14)16-12-10(15)4-5-11-13(12)18-20-17-11/h4-5,9,16H,3,6-8H2,1-2H3. The van der Waals surface area contributed by atoms with Gasteiger partial charge in [0.05, 0.1) is 28.0 Å². The smallest absolute Gasteiger partial charge is 0.129 e. The molecule has 0 aliphatic carbocycles. The van der Waals surface area contributed by atoms with Gasteiger partial charge in [0.25, 0.3) is 0 Å². The van der Waals surface area contributed by atoms with Crippen LogP contribution >= 0.6 is 23.3 Å². The van der Waals surface area contributed by atoms with E-state index in [1.165, 1.54) is 11.7 Å². The van der Waals surface area contributed by atoms with E-state index < -0.39 is 0 Å². The van der Waals surface area contributed by atoms with Crippen LogP contribution in [-0.2, 0) is 4.74 Å². The average molecular weight is 312 g/mol. The number of benzene rings is 1. The Hall–Kier alpha value is -0.910. The number of aromatic nitrogens is 2. The first-order valence-electron chi connectivity index (χ1n) is 6.92. The lowest BCUT2D eigenvalue weighted by atomic mass is 9.90. The number of fused-ring (bicyclic) bond motifs is 1. The van der Waals surface area contributed by atoms with Crippen molar-refractivity contribution in [3.8, 4) is 0 Å². The molecule has 4 nitrogen and oxygen atoms in total. The summed E-state index contributed by atoms with van der Waals surface area (Å²) in [5.74, 6) is 0. The quantitative estimate of drug-likeness (QED) is 0.927. The Morgan fingerprint density at radius 1 is 1.50 bits per heavy atom. The van der Waals surface area contributed by atoms with Crippen LogP contribution in [0.3, 0.4) is 0 Å². The second-order valence-electron chi connectivity index (χ2n) is 5.54. The van der Waals surface area contributed by atoms with Gasteiger partial charge < -0.3 is 10.1 Å². The maximum atomic E-state index is 6.33. The van der Waals surface area contributed by atoms with Crippen molar-refractivity contribution in [3.63, 3.8) is 0 Å². The van der Waals surface area contributed by atoms with Crippen molar-refractivity contribution in [2.45, 2.75) is 44.8 Å². The molecule has 1 N–H and O–H groups in total. The number of anilines is 1. The molecule has 2 heterocycles. The van der Waals surface area contributed by atoms with Crippen LogP contribution in [-0.4, -0.2) is 27.0 Å². The minimum absolute atomic E-state index is 0.0450. The number of nitrogens with one attached hydrogen (secondary N) is 1. The third kappa shape index (κ3) is 2.62. The molecule has 2 unspecified atom stereocenters. The van der Waals surface area contributed by atoms with Gasteiger partial charge in [0, 0.05) is 12.6 Å². The molecular formula is C14H18ClN3OS. The molecule has 2 atom stereocenters. The zero-order valence-corrected chi connectivity index (χ0v) is 13.2. The lowest BCUT2D eigenvalue weighted by molar-refractivity contribution is -0.0708. The Morgan fingerprint density at radius 3 is 3.15 bits per heavy atom. The summed E-state index contributed by atoms with van der Waals surface area (Å²) in [6.45, 7) is 5.12. The molecule has 0 saturated carbocycles. The Bertz CT molecular complexity index is 617. The fourth-order valence-electron chi connectivity index (χ4n) is 2.67. The first kappa shape index (κ1) is 14.0. The zero-order valence-electron chi connectivity index (χ0n) is 11.6. The molecule has 6 heteroatoms. The SMILES string of the molecule is CCC1(C)CC(Nc2c(Cl)ccc3nsnc23)CCO1. The van der Waals surface area contributed by atoms with E-state index in [1.807, 2.05) is 12.1 Å². The summed E-state index contributed by atoms with van der Waals surface area (Å²) in [5, 5.41) is 4.26.